The molecular formula is C24H32N6O2S. The summed E-state index contributed by atoms with van der Waals surface area (Å²) < 4.78 is 7.25. The van der Waals surface area contributed by atoms with Crippen molar-refractivity contribution in [3.63, 3.8) is 0 Å². The van der Waals surface area contributed by atoms with Crippen LogP contribution in [-0.2, 0) is 9.53 Å². The largest absolute Gasteiger partial charge is 0.379 e. The number of benzene rings is 1. The number of imidazole rings is 1. The van der Waals surface area contributed by atoms with E-state index in [9.17, 15) is 4.79 Å². The van der Waals surface area contributed by atoms with Crippen LogP contribution in [0.15, 0.2) is 30.5 Å². The van der Waals surface area contributed by atoms with Crippen LogP contribution >= 0.6 is 11.3 Å². The monoisotopic (exact) mass is 468 g/mol. The molecule has 3 aromatic rings. The number of hydrogen-bond acceptors (Lipinski definition) is 7. The lowest BCUT2D eigenvalue weighted by Gasteiger charge is -2.31. The standard InChI is InChI=1S/C24H32N6O2S/c1-18-5-7-19(8-6-18)21-17-30-23(26-21)33-24(27-30)29-11-2-4-20(16-29)22(31)25-9-3-10-28-12-14-32-15-13-28/h5-8,17,20H,2-4,9-16H2,1H3,(H,25,31)/t20-/m1/s1. The fourth-order valence-corrected chi connectivity index (χ4v) is 5.45. The van der Waals surface area contributed by atoms with Gasteiger partial charge in [-0.25, -0.2) is 9.50 Å². The second kappa shape index (κ2) is 10.2. The summed E-state index contributed by atoms with van der Waals surface area (Å²) >= 11 is 1.59. The molecular weight excluding hydrogens is 436 g/mol. The van der Waals surface area contributed by atoms with E-state index in [1.165, 1.54) is 5.56 Å². The Morgan fingerprint density at radius 3 is 2.82 bits per heavy atom. The van der Waals surface area contributed by atoms with Crippen LogP contribution in [0.1, 0.15) is 24.8 Å². The Hall–Kier alpha value is -2.49. The molecule has 0 aliphatic carbocycles. The first kappa shape index (κ1) is 22.3. The number of amides is 1. The second-order valence-electron chi connectivity index (χ2n) is 8.99. The molecule has 8 nitrogen and oxygen atoms in total. The lowest BCUT2D eigenvalue weighted by molar-refractivity contribution is -0.125. The maximum absolute atomic E-state index is 12.8. The van der Waals surface area contributed by atoms with Gasteiger partial charge in [-0.05, 0) is 32.7 Å². The fraction of sp³-hybridized carbons (Fsp3) is 0.542. The summed E-state index contributed by atoms with van der Waals surface area (Å²) in [7, 11) is 0. The molecule has 1 aromatic carbocycles. The molecule has 1 amide bonds. The van der Waals surface area contributed by atoms with Gasteiger partial charge in [-0.2, -0.15) is 0 Å². The zero-order valence-corrected chi connectivity index (χ0v) is 20.0. The van der Waals surface area contributed by atoms with Gasteiger partial charge < -0.3 is 15.0 Å². The van der Waals surface area contributed by atoms with Crippen molar-refractivity contribution in [1.82, 2.24) is 24.8 Å². The molecule has 2 aliphatic heterocycles. The number of aromatic nitrogens is 3. The van der Waals surface area contributed by atoms with Crippen molar-refractivity contribution in [2.24, 2.45) is 5.92 Å². The van der Waals surface area contributed by atoms with E-state index in [1.54, 1.807) is 11.3 Å². The van der Waals surface area contributed by atoms with Crippen molar-refractivity contribution in [3.05, 3.63) is 36.0 Å². The summed E-state index contributed by atoms with van der Waals surface area (Å²) in [6.45, 7) is 9.12. The summed E-state index contributed by atoms with van der Waals surface area (Å²) in [5.41, 5.74) is 3.28. The van der Waals surface area contributed by atoms with Gasteiger partial charge in [-0.3, -0.25) is 9.69 Å². The normalized spacial score (nSPS) is 19.8. The number of fused-ring (bicyclic) bond motifs is 1. The Morgan fingerprint density at radius 1 is 1.21 bits per heavy atom. The van der Waals surface area contributed by atoms with Crippen molar-refractivity contribution in [1.29, 1.82) is 0 Å². The Morgan fingerprint density at radius 2 is 2.03 bits per heavy atom. The van der Waals surface area contributed by atoms with Crippen molar-refractivity contribution in [3.8, 4) is 11.3 Å². The molecule has 2 aromatic heterocycles. The quantitative estimate of drug-likeness (QED) is 0.538. The summed E-state index contributed by atoms with van der Waals surface area (Å²) in [4.78, 5) is 23.1. The average Bonchev–Trinajstić information content (AvgIpc) is 3.43. The topological polar surface area (TPSA) is 75.0 Å². The Balaban J connectivity index is 1.15. The van der Waals surface area contributed by atoms with E-state index in [1.807, 2.05) is 10.7 Å². The first-order valence-corrected chi connectivity index (χ1v) is 12.7. The molecule has 0 unspecified atom stereocenters. The molecule has 9 heteroatoms. The number of carbonyl (C=O) groups is 1. The van der Waals surface area contributed by atoms with E-state index < -0.39 is 0 Å². The Bertz CT molecular complexity index is 1040. The van der Waals surface area contributed by atoms with E-state index in [2.05, 4.69) is 46.3 Å². The average molecular weight is 469 g/mol. The van der Waals surface area contributed by atoms with Gasteiger partial charge in [0.1, 0.15) is 0 Å². The molecule has 176 valence electrons. The second-order valence-corrected chi connectivity index (χ2v) is 9.92. The minimum absolute atomic E-state index is 0.0153. The van der Waals surface area contributed by atoms with Gasteiger partial charge in [0, 0.05) is 38.3 Å². The van der Waals surface area contributed by atoms with Crippen LogP contribution in [0.3, 0.4) is 0 Å². The number of rotatable bonds is 7. The zero-order chi connectivity index (χ0) is 22.6. The fourth-order valence-electron chi connectivity index (χ4n) is 4.53. The minimum atomic E-state index is 0.0153. The predicted molar refractivity (Wildman–Crippen MR) is 131 cm³/mol. The number of nitrogens with zero attached hydrogens (tertiary/aromatic N) is 5. The van der Waals surface area contributed by atoms with Crippen LogP contribution in [-0.4, -0.2) is 77.9 Å². The SMILES string of the molecule is Cc1ccc(-c2cn3nc(N4CCC[C@@H](C(=O)NCCCN5CCOCC5)C4)sc3n2)cc1. The lowest BCUT2D eigenvalue weighted by atomic mass is 9.97. The van der Waals surface area contributed by atoms with E-state index in [0.29, 0.717) is 0 Å². The van der Waals surface area contributed by atoms with E-state index in [-0.39, 0.29) is 11.8 Å². The number of nitrogens with one attached hydrogen (secondary N) is 1. The van der Waals surface area contributed by atoms with Gasteiger partial charge in [0.25, 0.3) is 0 Å². The van der Waals surface area contributed by atoms with Gasteiger partial charge in [-0.15, -0.1) is 5.10 Å². The van der Waals surface area contributed by atoms with E-state index in [4.69, 9.17) is 14.8 Å². The van der Waals surface area contributed by atoms with Crippen LogP contribution in [0, 0.1) is 12.8 Å². The van der Waals surface area contributed by atoms with Crippen LogP contribution in [0.4, 0.5) is 5.13 Å². The van der Waals surface area contributed by atoms with Gasteiger partial charge in [0.15, 0.2) is 0 Å². The number of anilines is 1. The maximum Gasteiger partial charge on any atom is 0.224 e. The molecule has 1 N–H and O–H groups in total. The van der Waals surface area contributed by atoms with Gasteiger partial charge in [0.2, 0.25) is 16.0 Å². The highest BCUT2D eigenvalue weighted by Crippen LogP contribution is 2.29. The molecule has 0 saturated carbocycles. The highest BCUT2D eigenvalue weighted by atomic mass is 32.1. The third-order valence-corrected chi connectivity index (χ3v) is 7.48. The first-order valence-electron chi connectivity index (χ1n) is 11.9. The van der Waals surface area contributed by atoms with Crippen molar-refractivity contribution in [2.75, 3.05) is 57.4 Å². The Labute approximate surface area is 198 Å². The van der Waals surface area contributed by atoms with Crippen LogP contribution in [0.2, 0.25) is 0 Å². The van der Waals surface area contributed by atoms with Crippen LogP contribution in [0.25, 0.3) is 16.2 Å². The molecule has 2 fully saturated rings. The zero-order valence-electron chi connectivity index (χ0n) is 19.2. The van der Waals surface area contributed by atoms with Gasteiger partial charge >= 0.3 is 0 Å². The van der Waals surface area contributed by atoms with Crippen LogP contribution in [0.5, 0.6) is 0 Å². The van der Waals surface area contributed by atoms with Crippen molar-refractivity contribution in [2.45, 2.75) is 26.2 Å². The number of carbonyl (C=O) groups excluding carboxylic acids is 1. The summed E-state index contributed by atoms with van der Waals surface area (Å²) in [5, 5.41) is 8.87. The minimum Gasteiger partial charge on any atom is -0.379 e. The summed E-state index contributed by atoms with van der Waals surface area (Å²) in [5.74, 6) is 0.186. The molecule has 2 saturated heterocycles. The molecule has 33 heavy (non-hydrogen) atoms. The lowest BCUT2D eigenvalue weighted by Crippen LogP contribution is -2.44. The highest BCUT2D eigenvalue weighted by Gasteiger charge is 2.27. The smallest absolute Gasteiger partial charge is 0.224 e. The highest BCUT2D eigenvalue weighted by molar-refractivity contribution is 7.20. The number of ether oxygens (including phenoxy) is 1. The summed E-state index contributed by atoms with van der Waals surface area (Å²) in [6, 6.07) is 8.39. The molecule has 0 bridgehead atoms. The third kappa shape index (κ3) is 5.37. The summed E-state index contributed by atoms with van der Waals surface area (Å²) in [6.07, 6.45) is 4.91. The number of morpholine rings is 1. The van der Waals surface area contributed by atoms with Crippen molar-refractivity contribution < 1.29 is 9.53 Å². The molecule has 5 rings (SSSR count). The molecule has 0 spiro atoms. The maximum atomic E-state index is 12.8. The third-order valence-electron chi connectivity index (χ3n) is 6.50. The van der Waals surface area contributed by atoms with Gasteiger partial charge in [0.05, 0.1) is 31.0 Å². The molecule has 4 heterocycles. The van der Waals surface area contributed by atoms with Gasteiger partial charge in [-0.1, -0.05) is 41.2 Å². The first-order chi connectivity index (χ1) is 16.2. The number of piperidine rings is 1. The number of aryl methyl sites for hydroxylation is 1. The van der Waals surface area contributed by atoms with E-state index in [0.717, 1.165) is 93.1 Å². The molecule has 0 radical (unpaired) electrons. The predicted octanol–water partition coefficient (Wildman–Crippen LogP) is 2.82. The molecule has 1 atom stereocenters. The van der Waals surface area contributed by atoms with Crippen LogP contribution < -0.4 is 10.2 Å². The molecule has 2 aliphatic rings. The van der Waals surface area contributed by atoms with E-state index >= 15 is 0 Å². The van der Waals surface area contributed by atoms with Crippen molar-refractivity contribution >= 4 is 27.3 Å². The Kier molecular flexibility index (Phi) is 6.89. The number of hydrogen-bond donors (Lipinski definition) is 1.